The maximum atomic E-state index is 13.4. The van der Waals surface area contributed by atoms with Crippen molar-refractivity contribution in [3.63, 3.8) is 0 Å². The van der Waals surface area contributed by atoms with E-state index in [2.05, 4.69) is 15.5 Å². The third kappa shape index (κ3) is 5.32. The molecule has 3 N–H and O–H groups in total. The molecule has 0 radical (unpaired) electrons. The molecule has 0 spiro atoms. The molecule has 1 saturated heterocycles. The molecule has 32 heavy (non-hydrogen) atoms. The second-order valence-corrected chi connectivity index (χ2v) is 8.28. The number of carbonyl (C=O) groups is 2. The van der Waals surface area contributed by atoms with Crippen molar-refractivity contribution in [1.82, 2.24) is 14.8 Å². The number of amides is 2. The highest BCUT2D eigenvalue weighted by Gasteiger charge is 2.22. The third-order valence-electron chi connectivity index (χ3n) is 5.01. The summed E-state index contributed by atoms with van der Waals surface area (Å²) in [4.78, 5) is 23.6. The summed E-state index contributed by atoms with van der Waals surface area (Å²) in [6, 6.07) is 12.4. The predicted octanol–water partition coefficient (Wildman–Crippen LogP) is 3.09. The fourth-order valence-electron chi connectivity index (χ4n) is 3.41. The molecular weight excluding hydrogens is 433 g/mol. The lowest BCUT2D eigenvalue weighted by molar-refractivity contribution is -0.113. The lowest BCUT2D eigenvalue weighted by Gasteiger charge is -2.14. The number of hydrogen-bond acceptors (Lipinski definition) is 6. The van der Waals surface area contributed by atoms with Gasteiger partial charge in [0.05, 0.1) is 18.4 Å². The Hall–Kier alpha value is -3.24. The largest absolute Gasteiger partial charge is 0.376 e. The van der Waals surface area contributed by atoms with Crippen LogP contribution in [0, 0.1) is 5.82 Å². The van der Waals surface area contributed by atoms with Gasteiger partial charge < -0.3 is 15.8 Å². The molecule has 0 bridgehead atoms. The standard InChI is InChI=1S/C22H22FN5O3S/c23-16-7-3-15(4-8-16)21-26-27-22(28(21)12-18-2-1-11-31-18)32-13-19(29)25-17-9-5-14(6-10-17)20(24)30/h3-10,18H,1-2,11-13H2,(H2,24,30)(H,25,29)/t18-/m1/s1. The molecule has 8 nitrogen and oxygen atoms in total. The van der Waals surface area contributed by atoms with Crippen LogP contribution in [0.5, 0.6) is 0 Å². The van der Waals surface area contributed by atoms with E-state index in [1.54, 1.807) is 36.4 Å². The summed E-state index contributed by atoms with van der Waals surface area (Å²) in [5.41, 5.74) is 6.90. The lowest BCUT2D eigenvalue weighted by atomic mass is 10.2. The minimum atomic E-state index is -0.527. The van der Waals surface area contributed by atoms with E-state index < -0.39 is 5.91 Å². The van der Waals surface area contributed by atoms with Gasteiger partial charge in [0.25, 0.3) is 0 Å². The van der Waals surface area contributed by atoms with Crippen LogP contribution in [0.15, 0.2) is 53.7 Å². The number of thioether (sulfide) groups is 1. The summed E-state index contributed by atoms with van der Waals surface area (Å²) in [5.74, 6) is -0.359. The number of carbonyl (C=O) groups excluding carboxylic acids is 2. The zero-order valence-electron chi connectivity index (χ0n) is 17.2. The average Bonchev–Trinajstić information content (AvgIpc) is 3.44. The molecule has 2 heterocycles. The number of hydrogen-bond donors (Lipinski definition) is 2. The van der Waals surface area contributed by atoms with Crippen LogP contribution in [0.1, 0.15) is 23.2 Å². The smallest absolute Gasteiger partial charge is 0.248 e. The average molecular weight is 456 g/mol. The van der Waals surface area contributed by atoms with E-state index in [9.17, 15) is 14.0 Å². The quantitative estimate of drug-likeness (QED) is 0.505. The number of benzene rings is 2. The summed E-state index contributed by atoms with van der Waals surface area (Å²) in [6.07, 6.45) is 1.98. The molecule has 1 atom stereocenters. The third-order valence-corrected chi connectivity index (χ3v) is 5.98. The van der Waals surface area contributed by atoms with Gasteiger partial charge >= 0.3 is 0 Å². The zero-order chi connectivity index (χ0) is 22.5. The van der Waals surface area contributed by atoms with Crippen LogP contribution in [0.2, 0.25) is 0 Å². The predicted molar refractivity (Wildman–Crippen MR) is 119 cm³/mol. The van der Waals surface area contributed by atoms with E-state index in [1.165, 1.54) is 23.9 Å². The first kappa shape index (κ1) is 22.0. The first-order chi connectivity index (χ1) is 15.5. The number of nitrogens with two attached hydrogens (primary N) is 1. The van der Waals surface area contributed by atoms with Crippen molar-refractivity contribution in [3.8, 4) is 11.4 Å². The highest BCUT2D eigenvalue weighted by Crippen LogP contribution is 2.27. The number of anilines is 1. The lowest BCUT2D eigenvalue weighted by Crippen LogP contribution is -2.18. The zero-order valence-corrected chi connectivity index (χ0v) is 18.0. The molecule has 166 valence electrons. The maximum Gasteiger partial charge on any atom is 0.248 e. The minimum absolute atomic E-state index is 0.0437. The number of ether oxygens (including phenoxy) is 1. The summed E-state index contributed by atoms with van der Waals surface area (Å²) in [5, 5.41) is 11.9. The molecule has 1 aliphatic heterocycles. The number of nitrogens with one attached hydrogen (secondary N) is 1. The van der Waals surface area contributed by atoms with Crippen molar-refractivity contribution in [1.29, 1.82) is 0 Å². The highest BCUT2D eigenvalue weighted by atomic mass is 32.2. The Kier molecular flexibility index (Phi) is 6.81. The van der Waals surface area contributed by atoms with Crippen molar-refractivity contribution in [3.05, 3.63) is 59.9 Å². The molecule has 4 rings (SSSR count). The van der Waals surface area contributed by atoms with Gasteiger partial charge in [-0.15, -0.1) is 10.2 Å². The SMILES string of the molecule is NC(=O)c1ccc(NC(=O)CSc2nnc(-c3ccc(F)cc3)n2C[C@H]2CCCO2)cc1. The summed E-state index contributed by atoms with van der Waals surface area (Å²) in [7, 11) is 0. The van der Waals surface area contributed by atoms with E-state index in [1.807, 2.05) is 4.57 Å². The fourth-order valence-corrected chi connectivity index (χ4v) is 4.16. The normalized spacial score (nSPS) is 15.6. The van der Waals surface area contributed by atoms with Crippen molar-refractivity contribution in [2.45, 2.75) is 30.6 Å². The molecule has 1 aliphatic rings. The van der Waals surface area contributed by atoms with Crippen LogP contribution in [-0.2, 0) is 16.1 Å². The topological polar surface area (TPSA) is 112 Å². The van der Waals surface area contributed by atoms with E-state index in [-0.39, 0.29) is 23.6 Å². The van der Waals surface area contributed by atoms with Crippen molar-refractivity contribution in [2.24, 2.45) is 5.73 Å². The molecule has 0 unspecified atom stereocenters. The van der Waals surface area contributed by atoms with Gasteiger partial charge in [-0.05, 0) is 61.4 Å². The number of halogens is 1. The van der Waals surface area contributed by atoms with Crippen LogP contribution in [0.25, 0.3) is 11.4 Å². The molecule has 2 aromatic carbocycles. The number of rotatable bonds is 8. The number of nitrogens with zero attached hydrogens (tertiary/aromatic N) is 3. The van der Waals surface area contributed by atoms with Crippen LogP contribution in [0.3, 0.4) is 0 Å². The first-order valence-electron chi connectivity index (χ1n) is 10.1. The Bertz CT molecular complexity index is 1100. The molecule has 1 fully saturated rings. The van der Waals surface area contributed by atoms with Gasteiger partial charge in [-0.2, -0.15) is 0 Å². The van der Waals surface area contributed by atoms with Crippen LogP contribution in [-0.4, -0.2) is 45.0 Å². The van der Waals surface area contributed by atoms with Crippen LogP contribution in [0.4, 0.5) is 10.1 Å². The molecule has 10 heteroatoms. The molecule has 1 aromatic heterocycles. The summed E-state index contributed by atoms with van der Waals surface area (Å²) in [6.45, 7) is 1.27. The van der Waals surface area contributed by atoms with Gasteiger partial charge in [-0.1, -0.05) is 11.8 Å². The Morgan fingerprint density at radius 3 is 2.56 bits per heavy atom. The second-order valence-electron chi connectivity index (χ2n) is 7.34. The fraction of sp³-hybridized carbons (Fsp3) is 0.273. The van der Waals surface area contributed by atoms with Gasteiger partial charge in [-0.25, -0.2) is 4.39 Å². The highest BCUT2D eigenvalue weighted by molar-refractivity contribution is 7.99. The van der Waals surface area contributed by atoms with Crippen molar-refractivity contribution < 1.29 is 18.7 Å². The molecular formula is C22H22FN5O3S. The second kappa shape index (κ2) is 9.92. The monoisotopic (exact) mass is 455 g/mol. The Morgan fingerprint density at radius 1 is 1.16 bits per heavy atom. The van der Waals surface area contributed by atoms with Crippen molar-refractivity contribution >= 4 is 29.3 Å². The molecule has 2 amide bonds. The molecule has 0 saturated carbocycles. The van der Waals surface area contributed by atoms with E-state index >= 15 is 0 Å². The van der Waals surface area contributed by atoms with Crippen LogP contribution >= 0.6 is 11.8 Å². The Labute approximate surface area is 188 Å². The number of aromatic nitrogens is 3. The van der Waals surface area contributed by atoms with Gasteiger partial charge in [0.2, 0.25) is 11.8 Å². The molecule has 0 aliphatic carbocycles. The Balaban J connectivity index is 1.46. The van der Waals surface area contributed by atoms with Gasteiger partial charge in [0.15, 0.2) is 11.0 Å². The van der Waals surface area contributed by atoms with Crippen molar-refractivity contribution in [2.75, 3.05) is 17.7 Å². The summed E-state index contributed by atoms with van der Waals surface area (Å²) < 4.78 is 21.0. The Morgan fingerprint density at radius 2 is 1.91 bits per heavy atom. The van der Waals surface area contributed by atoms with Crippen LogP contribution < -0.4 is 11.1 Å². The first-order valence-corrected chi connectivity index (χ1v) is 11.1. The van der Waals surface area contributed by atoms with E-state index in [4.69, 9.17) is 10.5 Å². The van der Waals surface area contributed by atoms with Gasteiger partial charge in [0, 0.05) is 23.4 Å². The van der Waals surface area contributed by atoms with E-state index in [0.29, 0.717) is 28.8 Å². The maximum absolute atomic E-state index is 13.4. The summed E-state index contributed by atoms with van der Waals surface area (Å²) >= 11 is 1.26. The minimum Gasteiger partial charge on any atom is -0.376 e. The van der Waals surface area contributed by atoms with Gasteiger partial charge in [-0.3, -0.25) is 14.2 Å². The van der Waals surface area contributed by atoms with E-state index in [0.717, 1.165) is 25.0 Å². The number of primary amides is 1. The van der Waals surface area contributed by atoms with Gasteiger partial charge in [0.1, 0.15) is 5.82 Å². The molecule has 3 aromatic rings.